The second-order valence-electron chi connectivity index (χ2n) is 2.31. The molecular formula is C7H10N6. The van der Waals surface area contributed by atoms with Crippen LogP contribution in [-0.4, -0.2) is 23.1 Å². The van der Waals surface area contributed by atoms with E-state index in [-0.39, 0.29) is 0 Å². The molecule has 68 valence electrons. The van der Waals surface area contributed by atoms with Crippen molar-refractivity contribution in [1.82, 2.24) is 9.97 Å². The second-order valence-corrected chi connectivity index (χ2v) is 2.31. The van der Waals surface area contributed by atoms with Crippen LogP contribution >= 0.6 is 0 Å². The minimum atomic E-state index is 0.496. The summed E-state index contributed by atoms with van der Waals surface area (Å²) in [5.41, 5.74) is 8.00. The van der Waals surface area contributed by atoms with Gasteiger partial charge in [-0.3, -0.25) is 0 Å². The van der Waals surface area contributed by atoms with Crippen molar-refractivity contribution in [3.8, 4) is 0 Å². The third-order valence-electron chi connectivity index (χ3n) is 1.35. The van der Waals surface area contributed by atoms with Gasteiger partial charge in [0.1, 0.15) is 0 Å². The van der Waals surface area contributed by atoms with Gasteiger partial charge < -0.3 is 5.32 Å². The van der Waals surface area contributed by atoms with Gasteiger partial charge in [-0.25, -0.2) is 9.97 Å². The fourth-order valence-electron chi connectivity index (χ4n) is 0.785. The maximum absolute atomic E-state index is 8.00. The SMILES string of the molecule is [N-]=[N+]=NCCCNc1ncccn1. The van der Waals surface area contributed by atoms with Crippen LogP contribution in [0.2, 0.25) is 0 Å². The largest absolute Gasteiger partial charge is 0.354 e. The van der Waals surface area contributed by atoms with E-state index in [0.717, 1.165) is 6.42 Å². The molecule has 0 radical (unpaired) electrons. The highest BCUT2D eigenvalue weighted by molar-refractivity contribution is 5.21. The standard InChI is InChI=1S/C7H10N6/c8-13-12-6-2-5-11-7-9-3-1-4-10-7/h1,3-4H,2,5-6H2,(H,9,10,11). The van der Waals surface area contributed by atoms with Crippen LogP contribution in [0.5, 0.6) is 0 Å². The summed E-state index contributed by atoms with van der Waals surface area (Å²) in [5.74, 6) is 0.600. The van der Waals surface area contributed by atoms with E-state index in [1.54, 1.807) is 18.5 Å². The Hall–Kier alpha value is -1.81. The van der Waals surface area contributed by atoms with Crippen LogP contribution in [0.3, 0.4) is 0 Å². The molecule has 0 fully saturated rings. The number of hydrogen-bond acceptors (Lipinski definition) is 4. The lowest BCUT2D eigenvalue weighted by Crippen LogP contribution is -2.05. The summed E-state index contributed by atoms with van der Waals surface area (Å²) in [7, 11) is 0. The van der Waals surface area contributed by atoms with Gasteiger partial charge in [-0.1, -0.05) is 5.11 Å². The quantitative estimate of drug-likeness (QED) is 0.321. The molecule has 1 aromatic heterocycles. The van der Waals surface area contributed by atoms with Crippen LogP contribution < -0.4 is 5.32 Å². The molecule has 0 aliphatic carbocycles. The number of nitrogens with zero attached hydrogens (tertiary/aromatic N) is 5. The van der Waals surface area contributed by atoms with E-state index in [2.05, 4.69) is 25.3 Å². The topological polar surface area (TPSA) is 86.6 Å². The third-order valence-corrected chi connectivity index (χ3v) is 1.35. The molecule has 0 unspecified atom stereocenters. The summed E-state index contributed by atoms with van der Waals surface area (Å²) in [6, 6.07) is 1.76. The van der Waals surface area contributed by atoms with E-state index in [4.69, 9.17) is 5.53 Å². The van der Waals surface area contributed by atoms with Crippen molar-refractivity contribution >= 4 is 5.95 Å². The number of aromatic nitrogens is 2. The molecule has 0 aliphatic rings. The molecule has 0 atom stereocenters. The average molecular weight is 178 g/mol. The molecule has 1 N–H and O–H groups in total. The predicted molar refractivity (Wildman–Crippen MR) is 49.2 cm³/mol. The lowest BCUT2D eigenvalue weighted by atomic mass is 10.4. The molecule has 0 aromatic carbocycles. The van der Waals surface area contributed by atoms with Crippen molar-refractivity contribution in [2.75, 3.05) is 18.4 Å². The van der Waals surface area contributed by atoms with E-state index < -0.39 is 0 Å². The Labute approximate surface area is 75.6 Å². The Morgan fingerprint density at radius 1 is 1.46 bits per heavy atom. The first kappa shape index (κ1) is 9.28. The summed E-state index contributed by atoms with van der Waals surface area (Å²) in [4.78, 5) is 10.6. The van der Waals surface area contributed by atoms with Crippen LogP contribution in [0, 0.1) is 0 Å². The molecule has 1 aromatic rings. The highest BCUT2D eigenvalue weighted by Crippen LogP contribution is 1.93. The molecule has 0 saturated carbocycles. The molecule has 0 spiro atoms. The Morgan fingerprint density at radius 2 is 2.23 bits per heavy atom. The molecule has 1 rings (SSSR count). The molecular weight excluding hydrogens is 168 g/mol. The summed E-state index contributed by atoms with van der Waals surface area (Å²) in [5, 5.41) is 6.40. The minimum absolute atomic E-state index is 0.496. The van der Waals surface area contributed by atoms with Crippen molar-refractivity contribution in [1.29, 1.82) is 0 Å². The lowest BCUT2D eigenvalue weighted by molar-refractivity contribution is 0.857. The first-order valence-electron chi connectivity index (χ1n) is 3.95. The zero-order valence-electron chi connectivity index (χ0n) is 7.09. The van der Waals surface area contributed by atoms with Crippen LogP contribution in [0.1, 0.15) is 6.42 Å². The normalized spacial score (nSPS) is 8.92. The van der Waals surface area contributed by atoms with Gasteiger partial charge in [-0.05, 0) is 18.0 Å². The predicted octanol–water partition coefficient (Wildman–Crippen LogP) is 1.59. The summed E-state index contributed by atoms with van der Waals surface area (Å²) >= 11 is 0. The second kappa shape index (κ2) is 5.79. The maximum atomic E-state index is 8.00. The zero-order chi connectivity index (χ0) is 9.36. The van der Waals surface area contributed by atoms with Crippen molar-refractivity contribution < 1.29 is 0 Å². The van der Waals surface area contributed by atoms with Gasteiger partial charge in [0.2, 0.25) is 5.95 Å². The van der Waals surface area contributed by atoms with Gasteiger partial charge in [-0.2, -0.15) is 0 Å². The van der Waals surface area contributed by atoms with E-state index in [0.29, 0.717) is 19.0 Å². The van der Waals surface area contributed by atoms with E-state index in [1.807, 2.05) is 0 Å². The zero-order valence-corrected chi connectivity index (χ0v) is 7.09. The monoisotopic (exact) mass is 178 g/mol. The molecule has 0 aliphatic heterocycles. The number of nitrogens with one attached hydrogen (secondary N) is 1. The Balaban J connectivity index is 2.17. The summed E-state index contributed by atoms with van der Waals surface area (Å²) in [6.07, 6.45) is 4.12. The smallest absolute Gasteiger partial charge is 0.222 e. The van der Waals surface area contributed by atoms with Crippen molar-refractivity contribution in [3.63, 3.8) is 0 Å². The molecule has 1 heterocycles. The van der Waals surface area contributed by atoms with Gasteiger partial charge in [0.25, 0.3) is 0 Å². The van der Waals surface area contributed by atoms with Gasteiger partial charge >= 0.3 is 0 Å². The first-order chi connectivity index (χ1) is 6.43. The van der Waals surface area contributed by atoms with E-state index in [1.165, 1.54) is 0 Å². The number of azide groups is 1. The lowest BCUT2D eigenvalue weighted by Gasteiger charge is -2.00. The molecule has 13 heavy (non-hydrogen) atoms. The Bertz CT molecular complexity index is 278. The van der Waals surface area contributed by atoms with Crippen LogP contribution in [0.15, 0.2) is 23.6 Å². The van der Waals surface area contributed by atoms with Gasteiger partial charge in [0, 0.05) is 30.4 Å². The van der Waals surface area contributed by atoms with Crippen molar-refractivity contribution in [3.05, 3.63) is 28.9 Å². The Morgan fingerprint density at radius 3 is 2.92 bits per heavy atom. The highest BCUT2D eigenvalue weighted by Gasteiger charge is 1.90. The summed E-state index contributed by atoms with van der Waals surface area (Å²) in [6.45, 7) is 1.21. The number of rotatable bonds is 5. The van der Waals surface area contributed by atoms with E-state index >= 15 is 0 Å². The summed E-state index contributed by atoms with van der Waals surface area (Å²) < 4.78 is 0. The Kier molecular flexibility index (Phi) is 4.13. The first-order valence-corrected chi connectivity index (χ1v) is 3.95. The van der Waals surface area contributed by atoms with E-state index in [9.17, 15) is 0 Å². The van der Waals surface area contributed by atoms with Gasteiger partial charge in [0.15, 0.2) is 0 Å². The van der Waals surface area contributed by atoms with Crippen molar-refractivity contribution in [2.24, 2.45) is 5.11 Å². The fraction of sp³-hybridized carbons (Fsp3) is 0.429. The fourth-order valence-corrected chi connectivity index (χ4v) is 0.785. The molecule has 0 amide bonds. The molecule has 6 nitrogen and oxygen atoms in total. The van der Waals surface area contributed by atoms with Gasteiger partial charge in [-0.15, -0.1) is 0 Å². The van der Waals surface area contributed by atoms with Gasteiger partial charge in [0.05, 0.1) is 0 Å². The molecule has 0 bridgehead atoms. The highest BCUT2D eigenvalue weighted by atomic mass is 15.1. The van der Waals surface area contributed by atoms with Crippen LogP contribution in [-0.2, 0) is 0 Å². The number of anilines is 1. The number of hydrogen-bond donors (Lipinski definition) is 1. The maximum Gasteiger partial charge on any atom is 0.222 e. The van der Waals surface area contributed by atoms with Crippen LogP contribution in [0.25, 0.3) is 10.4 Å². The van der Waals surface area contributed by atoms with Crippen molar-refractivity contribution in [2.45, 2.75) is 6.42 Å². The average Bonchev–Trinajstić information content (AvgIpc) is 2.19. The minimum Gasteiger partial charge on any atom is -0.354 e. The molecule has 0 saturated heterocycles. The molecule has 6 heteroatoms. The van der Waals surface area contributed by atoms with Crippen LogP contribution in [0.4, 0.5) is 5.95 Å². The third kappa shape index (κ3) is 3.93.